The number of carbonyl (C=O) groups is 1. The van der Waals surface area contributed by atoms with Crippen molar-refractivity contribution >= 4 is 11.6 Å². The van der Waals surface area contributed by atoms with Crippen LogP contribution in [-0.2, 0) is 6.42 Å². The van der Waals surface area contributed by atoms with Gasteiger partial charge in [-0.05, 0) is 48.9 Å². The highest BCUT2D eigenvalue weighted by Crippen LogP contribution is 2.29. The molecule has 146 valence electrons. The number of nitrogens with one attached hydrogen (secondary N) is 1. The lowest BCUT2D eigenvalue weighted by molar-refractivity contribution is 0.0994. The Labute approximate surface area is 164 Å². The van der Waals surface area contributed by atoms with Gasteiger partial charge in [-0.1, -0.05) is 12.1 Å². The number of rotatable bonds is 7. The molecule has 0 saturated carbocycles. The fourth-order valence-corrected chi connectivity index (χ4v) is 2.95. The average Bonchev–Trinajstić information content (AvgIpc) is 3.18. The Kier molecular flexibility index (Phi) is 5.89. The zero-order valence-corrected chi connectivity index (χ0v) is 16.4. The van der Waals surface area contributed by atoms with E-state index in [1.807, 2.05) is 37.3 Å². The quantitative estimate of drug-likeness (QED) is 0.654. The van der Waals surface area contributed by atoms with Gasteiger partial charge in [-0.3, -0.25) is 4.79 Å². The maximum absolute atomic E-state index is 12.6. The van der Waals surface area contributed by atoms with Crippen LogP contribution in [0.1, 0.15) is 27.4 Å². The Balaban J connectivity index is 1.79. The summed E-state index contributed by atoms with van der Waals surface area (Å²) < 4.78 is 21.8. The lowest BCUT2D eigenvalue weighted by Crippen LogP contribution is -2.12. The first kappa shape index (κ1) is 19.4. The minimum Gasteiger partial charge on any atom is -0.497 e. The van der Waals surface area contributed by atoms with Crippen molar-refractivity contribution in [1.29, 1.82) is 0 Å². The summed E-state index contributed by atoms with van der Waals surface area (Å²) in [6.45, 7) is 1.90. The van der Waals surface area contributed by atoms with Gasteiger partial charge in [-0.25, -0.2) is 0 Å². The smallest absolute Gasteiger partial charge is 0.291 e. The predicted molar refractivity (Wildman–Crippen MR) is 107 cm³/mol. The largest absolute Gasteiger partial charge is 0.497 e. The van der Waals surface area contributed by atoms with Crippen molar-refractivity contribution in [2.45, 2.75) is 13.3 Å². The third-order valence-corrected chi connectivity index (χ3v) is 4.43. The van der Waals surface area contributed by atoms with Gasteiger partial charge < -0.3 is 23.9 Å². The molecule has 1 amide bonds. The highest BCUT2D eigenvalue weighted by molar-refractivity contribution is 6.03. The molecule has 3 aromatic rings. The van der Waals surface area contributed by atoms with Crippen molar-refractivity contribution in [2.75, 3.05) is 26.6 Å². The van der Waals surface area contributed by atoms with E-state index < -0.39 is 0 Å². The van der Waals surface area contributed by atoms with Crippen LogP contribution >= 0.6 is 0 Å². The van der Waals surface area contributed by atoms with Gasteiger partial charge in [0.25, 0.3) is 5.91 Å². The van der Waals surface area contributed by atoms with Crippen molar-refractivity contribution in [3.63, 3.8) is 0 Å². The Morgan fingerprint density at radius 3 is 2.46 bits per heavy atom. The van der Waals surface area contributed by atoms with E-state index in [1.54, 1.807) is 39.5 Å². The van der Waals surface area contributed by atoms with Gasteiger partial charge in [-0.2, -0.15) is 0 Å². The topological polar surface area (TPSA) is 69.9 Å². The Bertz CT molecular complexity index is 977. The van der Waals surface area contributed by atoms with Gasteiger partial charge in [0.2, 0.25) is 0 Å². The van der Waals surface area contributed by atoms with E-state index in [4.69, 9.17) is 18.6 Å². The van der Waals surface area contributed by atoms with Crippen molar-refractivity contribution < 1.29 is 23.4 Å². The van der Waals surface area contributed by atoms with Gasteiger partial charge in [0.05, 0.1) is 27.0 Å². The second-order valence-electron chi connectivity index (χ2n) is 6.23. The number of hydrogen-bond donors (Lipinski definition) is 1. The van der Waals surface area contributed by atoms with Gasteiger partial charge in [0.1, 0.15) is 23.0 Å². The molecule has 0 aliphatic carbocycles. The lowest BCUT2D eigenvalue weighted by atomic mass is 10.1. The van der Waals surface area contributed by atoms with Crippen LogP contribution in [0.4, 0.5) is 5.69 Å². The van der Waals surface area contributed by atoms with Gasteiger partial charge in [0.15, 0.2) is 5.76 Å². The fourth-order valence-electron chi connectivity index (χ4n) is 2.95. The van der Waals surface area contributed by atoms with Crippen LogP contribution in [0.15, 0.2) is 52.9 Å². The van der Waals surface area contributed by atoms with Crippen LogP contribution in [0.2, 0.25) is 0 Å². The van der Waals surface area contributed by atoms with Crippen LogP contribution in [0.3, 0.4) is 0 Å². The minimum absolute atomic E-state index is 0.224. The first-order chi connectivity index (χ1) is 13.5. The van der Waals surface area contributed by atoms with Crippen LogP contribution < -0.4 is 19.5 Å². The number of aryl methyl sites for hydroxylation is 1. The molecule has 0 bridgehead atoms. The summed E-state index contributed by atoms with van der Waals surface area (Å²) in [6.07, 6.45) is 0.474. The lowest BCUT2D eigenvalue weighted by Gasteiger charge is -2.12. The molecule has 28 heavy (non-hydrogen) atoms. The SMILES string of the molecule is COc1ccc(OC)c(Cc2ccc(C(=O)Nc3c(C)cccc3OC)o2)c1. The summed E-state index contributed by atoms with van der Waals surface area (Å²) >= 11 is 0. The first-order valence-electron chi connectivity index (χ1n) is 8.80. The van der Waals surface area contributed by atoms with E-state index in [9.17, 15) is 4.79 Å². The molecular weight excluding hydrogens is 358 g/mol. The van der Waals surface area contributed by atoms with Crippen LogP contribution in [0.5, 0.6) is 17.2 Å². The number of methoxy groups -OCH3 is 3. The number of carbonyl (C=O) groups excluding carboxylic acids is 1. The Hall–Kier alpha value is -3.41. The molecule has 1 aromatic heterocycles. The second-order valence-corrected chi connectivity index (χ2v) is 6.23. The molecule has 3 rings (SSSR count). The molecule has 1 N–H and O–H groups in total. The van der Waals surface area contributed by atoms with E-state index in [0.717, 1.165) is 22.6 Å². The van der Waals surface area contributed by atoms with Gasteiger partial charge in [-0.15, -0.1) is 0 Å². The highest BCUT2D eigenvalue weighted by Gasteiger charge is 2.16. The predicted octanol–water partition coefficient (Wildman–Crippen LogP) is 4.46. The Morgan fingerprint density at radius 2 is 1.75 bits per heavy atom. The molecule has 2 aromatic carbocycles. The summed E-state index contributed by atoms with van der Waals surface area (Å²) in [4.78, 5) is 12.6. The van der Waals surface area contributed by atoms with E-state index >= 15 is 0 Å². The molecule has 0 unspecified atom stereocenters. The van der Waals surface area contributed by atoms with Gasteiger partial charge in [0, 0.05) is 12.0 Å². The molecule has 0 fully saturated rings. The third-order valence-electron chi connectivity index (χ3n) is 4.43. The zero-order chi connectivity index (χ0) is 20.1. The molecule has 6 heteroatoms. The normalized spacial score (nSPS) is 10.4. The molecule has 0 saturated heterocycles. The standard InChI is InChI=1S/C22H23NO5/c1-14-6-5-7-19(27-4)21(14)23-22(24)20-11-9-17(28-20)13-15-12-16(25-2)8-10-18(15)26-3/h5-12H,13H2,1-4H3,(H,23,24). The molecule has 6 nitrogen and oxygen atoms in total. The second kappa shape index (κ2) is 8.52. The summed E-state index contributed by atoms with van der Waals surface area (Å²) in [7, 11) is 4.79. The zero-order valence-electron chi connectivity index (χ0n) is 16.4. The van der Waals surface area contributed by atoms with Crippen LogP contribution in [-0.4, -0.2) is 27.2 Å². The summed E-state index contributed by atoms with van der Waals surface area (Å²) in [5, 5.41) is 2.86. The van der Waals surface area contributed by atoms with E-state index in [1.165, 1.54) is 0 Å². The minimum atomic E-state index is -0.337. The molecule has 0 aliphatic heterocycles. The Morgan fingerprint density at radius 1 is 0.964 bits per heavy atom. The van der Waals surface area contributed by atoms with Crippen molar-refractivity contribution in [2.24, 2.45) is 0 Å². The van der Waals surface area contributed by atoms with Crippen molar-refractivity contribution in [1.82, 2.24) is 0 Å². The van der Waals surface area contributed by atoms with E-state index in [2.05, 4.69) is 5.32 Å². The summed E-state index contributed by atoms with van der Waals surface area (Å²) in [5.41, 5.74) is 2.44. The molecule has 1 heterocycles. The van der Waals surface area contributed by atoms with E-state index in [0.29, 0.717) is 23.6 Å². The maximum Gasteiger partial charge on any atom is 0.291 e. The monoisotopic (exact) mass is 381 g/mol. The number of benzene rings is 2. The van der Waals surface area contributed by atoms with Crippen LogP contribution in [0.25, 0.3) is 0 Å². The number of amides is 1. The van der Waals surface area contributed by atoms with Crippen molar-refractivity contribution in [3.8, 4) is 17.2 Å². The summed E-state index contributed by atoms with van der Waals surface area (Å²) in [5.74, 6) is 2.59. The number of furan rings is 1. The number of para-hydroxylation sites is 1. The first-order valence-corrected chi connectivity index (χ1v) is 8.80. The number of ether oxygens (including phenoxy) is 3. The van der Waals surface area contributed by atoms with E-state index in [-0.39, 0.29) is 11.7 Å². The molecule has 0 aliphatic rings. The number of anilines is 1. The molecular formula is C22H23NO5. The third kappa shape index (κ3) is 4.11. The molecule has 0 radical (unpaired) electrons. The fraction of sp³-hybridized carbons (Fsp3) is 0.227. The molecule has 0 atom stereocenters. The molecule has 0 spiro atoms. The van der Waals surface area contributed by atoms with Crippen LogP contribution in [0, 0.1) is 6.92 Å². The number of hydrogen-bond acceptors (Lipinski definition) is 5. The average molecular weight is 381 g/mol. The van der Waals surface area contributed by atoms with Crippen molar-refractivity contribution in [3.05, 3.63) is 71.2 Å². The van der Waals surface area contributed by atoms with Gasteiger partial charge >= 0.3 is 0 Å². The summed E-state index contributed by atoms with van der Waals surface area (Å²) in [6, 6.07) is 14.6. The maximum atomic E-state index is 12.6. The highest BCUT2D eigenvalue weighted by atomic mass is 16.5.